The van der Waals surface area contributed by atoms with Crippen molar-refractivity contribution in [1.82, 2.24) is 4.98 Å². The second-order valence-electron chi connectivity index (χ2n) is 4.00. The Balaban J connectivity index is 2.30. The van der Waals surface area contributed by atoms with Gasteiger partial charge in [0.2, 0.25) is 0 Å². The first-order valence-corrected chi connectivity index (χ1v) is 5.51. The number of aromatic nitrogens is 1. The highest BCUT2D eigenvalue weighted by molar-refractivity contribution is 7.11. The summed E-state index contributed by atoms with van der Waals surface area (Å²) in [5.41, 5.74) is 0.952. The molecule has 14 heavy (non-hydrogen) atoms. The van der Waals surface area contributed by atoms with Gasteiger partial charge in [0.15, 0.2) is 0 Å². The van der Waals surface area contributed by atoms with Crippen LogP contribution >= 0.6 is 11.3 Å². The van der Waals surface area contributed by atoms with Gasteiger partial charge in [0.25, 0.3) is 0 Å². The van der Waals surface area contributed by atoms with Crippen LogP contribution in [-0.2, 0) is 10.2 Å². The summed E-state index contributed by atoms with van der Waals surface area (Å²) in [6.45, 7) is 3.94. The van der Waals surface area contributed by atoms with Crippen LogP contribution < -0.4 is 0 Å². The van der Waals surface area contributed by atoms with Crippen molar-refractivity contribution < 1.29 is 9.90 Å². The Labute approximate surface area is 86.8 Å². The Bertz CT molecular complexity index is 379. The van der Waals surface area contributed by atoms with E-state index in [1.807, 2.05) is 13.8 Å². The minimum Gasteiger partial charge on any atom is -0.481 e. The van der Waals surface area contributed by atoms with Gasteiger partial charge in [-0.15, -0.1) is 11.3 Å². The lowest BCUT2D eigenvalue weighted by atomic mass is 9.99. The average molecular weight is 211 g/mol. The molecule has 0 unspecified atom stereocenters. The number of aliphatic carboxylic acids is 1. The summed E-state index contributed by atoms with van der Waals surface area (Å²) in [6.07, 6.45) is 2.26. The lowest BCUT2D eigenvalue weighted by molar-refractivity contribution is -0.137. The van der Waals surface area contributed by atoms with Gasteiger partial charge in [0.05, 0.1) is 17.1 Å². The molecule has 3 nitrogen and oxygen atoms in total. The predicted molar refractivity (Wildman–Crippen MR) is 54.8 cm³/mol. The molecule has 0 bridgehead atoms. The van der Waals surface area contributed by atoms with Crippen molar-refractivity contribution in [2.75, 3.05) is 0 Å². The number of hydrogen-bond donors (Lipinski definition) is 1. The van der Waals surface area contributed by atoms with Gasteiger partial charge >= 0.3 is 5.97 Å². The molecule has 1 aliphatic rings. The number of carbonyl (C=O) groups is 1. The Morgan fingerprint density at radius 3 is 2.57 bits per heavy atom. The van der Waals surface area contributed by atoms with E-state index in [2.05, 4.69) is 4.98 Å². The van der Waals surface area contributed by atoms with E-state index in [0.717, 1.165) is 23.5 Å². The lowest BCUT2D eigenvalue weighted by Crippen LogP contribution is -2.12. The summed E-state index contributed by atoms with van der Waals surface area (Å²) in [7, 11) is 0. The van der Waals surface area contributed by atoms with Gasteiger partial charge in [-0.2, -0.15) is 0 Å². The highest BCUT2D eigenvalue weighted by atomic mass is 32.1. The number of rotatable bonds is 3. The normalized spacial score (nSPS) is 18.1. The van der Waals surface area contributed by atoms with E-state index in [-0.39, 0.29) is 11.8 Å². The molecule has 4 heteroatoms. The van der Waals surface area contributed by atoms with E-state index < -0.39 is 5.97 Å². The molecule has 0 saturated heterocycles. The summed E-state index contributed by atoms with van der Waals surface area (Å²) < 4.78 is 0. The largest absolute Gasteiger partial charge is 0.481 e. The van der Waals surface area contributed by atoms with Crippen molar-refractivity contribution in [1.29, 1.82) is 0 Å². The van der Waals surface area contributed by atoms with E-state index in [1.165, 1.54) is 4.88 Å². The average Bonchev–Trinajstić information content (AvgIpc) is 2.72. The van der Waals surface area contributed by atoms with Gasteiger partial charge in [-0.1, -0.05) is 0 Å². The Morgan fingerprint density at radius 1 is 1.57 bits per heavy atom. The molecule has 1 fully saturated rings. The summed E-state index contributed by atoms with van der Waals surface area (Å²) in [4.78, 5) is 16.3. The minimum absolute atomic E-state index is 0.0676. The fourth-order valence-corrected chi connectivity index (χ4v) is 3.11. The van der Waals surface area contributed by atoms with Crippen molar-refractivity contribution in [3.63, 3.8) is 0 Å². The maximum atomic E-state index is 10.7. The third kappa shape index (κ3) is 1.54. The Hall–Kier alpha value is -0.900. The van der Waals surface area contributed by atoms with Crippen LogP contribution in [0.5, 0.6) is 0 Å². The number of carboxylic acid groups (broad SMARTS) is 1. The van der Waals surface area contributed by atoms with Crippen molar-refractivity contribution in [3.8, 4) is 0 Å². The quantitative estimate of drug-likeness (QED) is 0.834. The zero-order valence-electron chi connectivity index (χ0n) is 8.33. The molecule has 0 aliphatic heterocycles. The molecular weight excluding hydrogens is 198 g/mol. The van der Waals surface area contributed by atoms with E-state index >= 15 is 0 Å². The number of nitrogens with zero attached hydrogens (tertiary/aromatic N) is 1. The first kappa shape index (κ1) is 9.65. The third-order valence-corrected chi connectivity index (χ3v) is 4.05. The maximum absolute atomic E-state index is 10.7. The van der Waals surface area contributed by atoms with E-state index in [9.17, 15) is 4.79 Å². The third-order valence-electron chi connectivity index (χ3n) is 2.73. The monoisotopic (exact) mass is 211 g/mol. The van der Waals surface area contributed by atoms with Gasteiger partial charge in [-0.05, 0) is 26.7 Å². The standard InChI is InChI=1S/C10H13NO2S/c1-6-9(14-7(2)11-6)10(3-4-10)5-8(12)13/h3-5H2,1-2H3,(H,12,13). The lowest BCUT2D eigenvalue weighted by Gasteiger charge is -2.10. The Morgan fingerprint density at radius 2 is 2.21 bits per heavy atom. The van der Waals surface area contributed by atoms with Crippen LogP contribution in [-0.4, -0.2) is 16.1 Å². The highest BCUT2D eigenvalue weighted by Crippen LogP contribution is 2.53. The maximum Gasteiger partial charge on any atom is 0.304 e. The number of thiazole rings is 1. The Kier molecular flexibility index (Phi) is 2.10. The molecule has 0 amide bonds. The molecule has 1 N–H and O–H groups in total. The summed E-state index contributed by atoms with van der Waals surface area (Å²) in [5.74, 6) is -0.701. The molecule has 2 rings (SSSR count). The van der Waals surface area contributed by atoms with Crippen LogP contribution in [0.2, 0.25) is 0 Å². The SMILES string of the molecule is Cc1nc(C)c(C2(CC(=O)O)CC2)s1. The van der Waals surface area contributed by atoms with Crippen molar-refractivity contribution >= 4 is 17.3 Å². The van der Waals surface area contributed by atoms with Gasteiger partial charge in [0, 0.05) is 10.3 Å². The molecule has 76 valence electrons. The summed E-state index contributed by atoms with van der Waals surface area (Å²) in [6, 6.07) is 0. The zero-order chi connectivity index (χ0) is 10.3. The van der Waals surface area contributed by atoms with E-state index in [4.69, 9.17) is 5.11 Å². The predicted octanol–water partition coefficient (Wildman–Crippen LogP) is 2.27. The molecule has 1 saturated carbocycles. The molecular formula is C10H13NO2S. The van der Waals surface area contributed by atoms with Crippen LogP contribution in [0.4, 0.5) is 0 Å². The number of hydrogen-bond acceptors (Lipinski definition) is 3. The van der Waals surface area contributed by atoms with E-state index in [1.54, 1.807) is 11.3 Å². The summed E-state index contributed by atoms with van der Waals surface area (Å²) >= 11 is 1.65. The van der Waals surface area contributed by atoms with Crippen LogP contribution in [0.15, 0.2) is 0 Å². The second-order valence-corrected chi connectivity index (χ2v) is 5.20. The van der Waals surface area contributed by atoms with Crippen molar-refractivity contribution in [3.05, 3.63) is 15.6 Å². The fraction of sp³-hybridized carbons (Fsp3) is 0.600. The molecule has 1 aliphatic carbocycles. The van der Waals surface area contributed by atoms with Gasteiger partial charge in [0.1, 0.15) is 0 Å². The molecule has 0 spiro atoms. The highest BCUT2D eigenvalue weighted by Gasteiger charge is 2.48. The first-order chi connectivity index (χ1) is 6.53. The second kappa shape index (κ2) is 3.05. The fourth-order valence-electron chi connectivity index (χ4n) is 1.95. The molecule has 1 aromatic heterocycles. The van der Waals surface area contributed by atoms with Crippen LogP contribution in [0.1, 0.15) is 34.8 Å². The molecule has 0 aromatic carbocycles. The molecule has 0 atom stereocenters. The van der Waals surface area contributed by atoms with E-state index in [0.29, 0.717) is 0 Å². The molecule has 1 heterocycles. The number of aryl methyl sites for hydroxylation is 2. The van der Waals surface area contributed by atoms with Gasteiger partial charge < -0.3 is 5.11 Å². The summed E-state index contributed by atoms with van der Waals surface area (Å²) in [5, 5.41) is 9.87. The zero-order valence-corrected chi connectivity index (χ0v) is 9.15. The van der Waals surface area contributed by atoms with Crippen LogP contribution in [0, 0.1) is 13.8 Å². The van der Waals surface area contributed by atoms with Crippen molar-refractivity contribution in [2.24, 2.45) is 0 Å². The van der Waals surface area contributed by atoms with Gasteiger partial charge in [-0.3, -0.25) is 4.79 Å². The van der Waals surface area contributed by atoms with Crippen LogP contribution in [0.3, 0.4) is 0 Å². The topological polar surface area (TPSA) is 50.2 Å². The van der Waals surface area contributed by atoms with Gasteiger partial charge in [-0.25, -0.2) is 4.98 Å². The molecule has 0 radical (unpaired) electrons. The first-order valence-electron chi connectivity index (χ1n) is 4.70. The van der Waals surface area contributed by atoms with Crippen LogP contribution in [0.25, 0.3) is 0 Å². The minimum atomic E-state index is -0.701. The molecule has 1 aromatic rings. The number of carboxylic acids is 1. The van der Waals surface area contributed by atoms with Crippen molar-refractivity contribution in [2.45, 2.75) is 38.5 Å². The smallest absolute Gasteiger partial charge is 0.304 e.